The smallest absolute Gasteiger partial charge is 0.269 e. The lowest BCUT2D eigenvalue weighted by Crippen LogP contribution is -2.28. The van der Waals surface area contributed by atoms with Crippen molar-refractivity contribution in [3.63, 3.8) is 0 Å². The van der Waals surface area contributed by atoms with Gasteiger partial charge in [-0.3, -0.25) is 14.9 Å². The van der Waals surface area contributed by atoms with Crippen LogP contribution >= 0.6 is 0 Å². The number of nitro benzene ring substituents is 1. The normalized spacial score (nSPS) is 18.6. The first-order valence-electron chi connectivity index (χ1n) is 6.26. The molecule has 0 bridgehead atoms. The van der Waals surface area contributed by atoms with Crippen LogP contribution in [-0.4, -0.2) is 40.5 Å². The number of likely N-dealkylation sites (tertiary alicyclic amines) is 1. The molecule has 1 N–H and O–H groups in total. The maximum Gasteiger partial charge on any atom is 0.269 e. The molecule has 102 valence electrons. The molecule has 1 heterocycles. The van der Waals surface area contributed by atoms with Crippen LogP contribution in [0.5, 0.6) is 0 Å². The minimum absolute atomic E-state index is 0.0175. The van der Waals surface area contributed by atoms with Crippen molar-refractivity contribution in [1.82, 2.24) is 4.90 Å². The first kappa shape index (κ1) is 13.5. The number of hydrogen-bond donors (Lipinski definition) is 1. The monoisotopic (exact) mass is 264 g/mol. The number of nitro groups is 1. The molecule has 1 amide bonds. The lowest BCUT2D eigenvalue weighted by molar-refractivity contribution is -0.384. The average molecular weight is 264 g/mol. The molecule has 1 fully saturated rings. The van der Waals surface area contributed by atoms with Gasteiger partial charge < -0.3 is 10.0 Å². The minimum Gasteiger partial charge on any atom is -0.396 e. The molecule has 1 aliphatic heterocycles. The third-order valence-corrected chi connectivity index (χ3v) is 3.44. The van der Waals surface area contributed by atoms with E-state index in [1.807, 2.05) is 0 Å². The van der Waals surface area contributed by atoms with Crippen LogP contribution in [0.3, 0.4) is 0 Å². The molecular formula is C13H16N2O4. The van der Waals surface area contributed by atoms with E-state index < -0.39 is 4.92 Å². The fourth-order valence-electron chi connectivity index (χ4n) is 2.34. The van der Waals surface area contributed by atoms with Gasteiger partial charge in [-0.15, -0.1) is 0 Å². The number of carbonyl (C=O) groups is 1. The van der Waals surface area contributed by atoms with Crippen LogP contribution in [0.15, 0.2) is 24.3 Å². The minimum atomic E-state index is -0.485. The van der Waals surface area contributed by atoms with Crippen molar-refractivity contribution in [1.29, 1.82) is 0 Å². The fraction of sp³-hybridized carbons (Fsp3) is 0.462. The summed E-state index contributed by atoms with van der Waals surface area (Å²) in [6.07, 6.45) is 1.61. The Morgan fingerprint density at radius 1 is 1.42 bits per heavy atom. The van der Waals surface area contributed by atoms with E-state index in [1.54, 1.807) is 4.90 Å². The standard InChI is InChI=1S/C13H16N2O4/c16-8-6-10-5-7-14(9-10)13(17)11-1-3-12(4-2-11)15(18)19/h1-4,10,16H,5-9H2. The Bertz CT molecular complexity index is 472. The second-order valence-corrected chi connectivity index (χ2v) is 4.72. The van der Waals surface area contributed by atoms with Gasteiger partial charge in [0.1, 0.15) is 0 Å². The SMILES string of the molecule is O=C(c1ccc([N+](=O)[O-])cc1)N1CCC(CCO)C1. The Morgan fingerprint density at radius 3 is 2.68 bits per heavy atom. The number of amides is 1. The van der Waals surface area contributed by atoms with Gasteiger partial charge in [-0.25, -0.2) is 0 Å². The highest BCUT2D eigenvalue weighted by Crippen LogP contribution is 2.22. The molecule has 1 unspecified atom stereocenters. The van der Waals surface area contributed by atoms with Crippen molar-refractivity contribution < 1.29 is 14.8 Å². The summed E-state index contributed by atoms with van der Waals surface area (Å²) in [4.78, 5) is 24.0. The van der Waals surface area contributed by atoms with E-state index >= 15 is 0 Å². The fourth-order valence-corrected chi connectivity index (χ4v) is 2.34. The van der Waals surface area contributed by atoms with Crippen LogP contribution in [0.2, 0.25) is 0 Å². The lowest BCUT2D eigenvalue weighted by atomic mass is 10.1. The summed E-state index contributed by atoms with van der Waals surface area (Å²) in [5.74, 6) is 0.252. The van der Waals surface area contributed by atoms with Crippen LogP contribution in [0.1, 0.15) is 23.2 Å². The zero-order chi connectivity index (χ0) is 13.8. The number of rotatable bonds is 4. The Kier molecular flexibility index (Phi) is 4.11. The largest absolute Gasteiger partial charge is 0.396 e. The van der Waals surface area contributed by atoms with E-state index in [0.717, 1.165) is 6.42 Å². The summed E-state index contributed by atoms with van der Waals surface area (Å²) >= 11 is 0. The van der Waals surface area contributed by atoms with Gasteiger partial charge in [0.25, 0.3) is 11.6 Å². The molecule has 6 heteroatoms. The van der Waals surface area contributed by atoms with Crippen molar-refractivity contribution >= 4 is 11.6 Å². The van der Waals surface area contributed by atoms with E-state index in [9.17, 15) is 14.9 Å². The van der Waals surface area contributed by atoms with Gasteiger partial charge in [0, 0.05) is 37.4 Å². The summed E-state index contributed by atoms with van der Waals surface area (Å²) in [5, 5.41) is 19.4. The summed E-state index contributed by atoms with van der Waals surface area (Å²) in [7, 11) is 0. The quantitative estimate of drug-likeness (QED) is 0.658. The zero-order valence-electron chi connectivity index (χ0n) is 10.5. The predicted molar refractivity (Wildman–Crippen MR) is 68.8 cm³/mol. The van der Waals surface area contributed by atoms with Crippen LogP contribution in [-0.2, 0) is 0 Å². The predicted octanol–water partition coefficient (Wildman–Crippen LogP) is 1.44. The number of benzene rings is 1. The van der Waals surface area contributed by atoms with Gasteiger partial charge in [0.2, 0.25) is 0 Å². The molecule has 0 aromatic heterocycles. The van der Waals surface area contributed by atoms with Crippen LogP contribution in [0.4, 0.5) is 5.69 Å². The molecule has 1 atom stereocenters. The van der Waals surface area contributed by atoms with Crippen molar-refractivity contribution in [2.45, 2.75) is 12.8 Å². The Hall–Kier alpha value is -1.95. The first-order valence-corrected chi connectivity index (χ1v) is 6.26. The number of non-ortho nitro benzene ring substituents is 1. The number of aliphatic hydroxyl groups is 1. The summed E-state index contributed by atoms with van der Waals surface area (Å²) in [5.41, 5.74) is 0.450. The molecule has 6 nitrogen and oxygen atoms in total. The van der Waals surface area contributed by atoms with E-state index in [-0.39, 0.29) is 18.2 Å². The molecule has 0 spiro atoms. The maximum absolute atomic E-state index is 12.2. The third kappa shape index (κ3) is 3.08. The number of hydrogen-bond acceptors (Lipinski definition) is 4. The summed E-state index contributed by atoms with van der Waals surface area (Å²) in [6, 6.07) is 5.66. The second kappa shape index (κ2) is 5.79. The Morgan fingerprint density at radius 2 is 2.11 bits per heavy atom. The molecule has 19 heavy (non-hydrogen) atoms. The maximum atomic E-state index is 12.2. The van der Waals surface area contributed by atoms with Gasteiger partial charge in [0.05, 0.1) is 4.92 Å². The highest BCUT2D eigenvalue weighted by molar-refractivity contribution is 5.94. The van der Waals surface area contributed by atoms with Gasteiger partial charge in [0.15, 0.2) is 0 Å². The summed E-state index contributed by atoms with van der Waals surface area (Å²) in [6.45, 7) is 1.47. The number of aliphatic hydroxyl groups excluding tert-OH is 1. The first-order chi connectivity index (χ1) is 9.11. The van der Waals surface area contributed by atoms with E-state index in [0.29, 0.717) is 31.0 Å². The molecule has 1 aromatic rings. The van der Waals surface area contributed by atoms with Crippen molar-refractivity contribution in [3.05, 3.63) is 39.9 Å². The van der Waals surface area contributed by atoms with Gasteiger partial charge in [-0.2, -0.15) is 0 Å². The highest BCUT2D eigenvalue weighted by atomic mass is 16.6. The van der Waals surface area contributed by atoms with E-state index in [2.05, 4.69) is 0 Å². The molecule has 0 radical (unpaired) electrons. The molecule has 0 saturated carbocycles. The van der Waals surface area contributed by atoms with Crippen molar-refractivity contribution in [2.75, 3.05) is 19.7 Å². The van der Waals surface area contributed by atoms with Crippen LogP contribution in [0.25, 0.3) is 0 Å². The van der Waals surface area contributed by atoms with Gasteiger partial charge in [-0.1, -0.05) is 0 Å². The number of carbonyl (C=O) groups excluding carboxylic acids is 1. The third-order valence-electron chi connectivity index (χ3n) is 3.44. The second-order valence-electron chi connectivity index (χ2n) is 4.72. The number of nitrogens with zero attached hydrogens (tertiary/aromatic N) is 2. The lowest BCUT2D eigenvalue weighted by Gasteiger charge is -2.16. The van der Waals surface area contributed by atoms with Crippen LogP contribution in [0, 0.1) is 16.0 Å². The average Bonchev–Trinajstić information content (AvgIpc) is 2.87. The molecule has 1 aliphatic rings. The highest BCUT2D eigenvalue weighted by Gasteiger charge is 2.26. The van der Waals surface area contributed by atoms with Gasteiger partial charge >= 0.3 is 0 Å². The topological polar surface area (TPSA) is 83.7 Å². The van der Waals surface area contributed by atoms with Crippen LogP contribution < -0.4 is 0 Å². The van der Waals surface area contributed by atoms with Crippen molar-refractivity contribution in [3.8, 4) is 0 Å². The molecule has 0 aliphatic carbocycles. The van der Waals surface area contributed by atoms with E-state index in [4.69, 9.17) is 5.11 Å². The summed E-state index contributed by atoms with van der Waals surface area (Å²) < 4.78 is 0. The Labute approximate surface area is 110 Å². The molecular weight excluding hydrogens is 248 g/mol. The zero-order valence-corrected chi connectivity index (χ0v) is 10.5. The van der Waals surface area contributed by atoms with E-state index in [1.165, 1.54) is 24.3 Å². The van der Waals surface area contributed by atoms with Gasteiger partial charge in [-0.05, 0) is 30.9 Å². The molecule has 1 aromatic carbocycles. The molecule has 2 rings (SSSR count). The Balaban J connectivity index is 2.02. The van der Waals surface area contributed by atoms with Crippen molar-refractivity contribution in [2.24, 2.45) is 5.92 Å². The molecule has 1 saturated heterocycles.